The summed E-state index contributed by atoms with van der Waals surface area (Å²) >= 11 is 0. The average molecular weight is 485 g/mol. The molecule has 1 aliphatic rings. The number of carboxylic acids is 1. The third-order valence-electron chi connectivity index (χ3n) is 6.85. The smallest absolute Gasteiger partial charge is 0.320 e. The number of aliphatic carboxylic acids is 1. The molecule has 1 fully saturated rings. The summed E-state index contributed by atoms with van der Waals surface area (Å²) in [6.07, 6.45) is 2.58. The van der Waals surface area contributed by atoms with Gasteiger partial charge in [-0.2, -0.15) is 0 Å². The predicted molar refractivity (Wildman–Crippen MR) is 141 cm³/mol. The fourth-order valence-electron chi connectivity index (χ4n) is 5.08. The molecule has 0 spiro atoms. The first kappa shape index (κ1) is 24.1. The molecule has 4 aromatic rings. The van der Waals surface area contributed by atoms with E-state index in [9.17, 15) is 9.90 Å². The van der Waals surface area contributed by atoms with Crippen molar-refractivity contribution in [1.29, 1.82) is 0 Å². The van der Waals surface area contributed by atoms with Gasteiger partial charge in [-0.05, 0) is 69.0 Å². The van der Waals surface area contributed by atoms with Gasteiger partial charge in [-0.25, -0.2) is 4.98 Å². The number of hydrogen-bond donors (Lipinski definition) is 1. The Bertz CT molecular complexity index is 1380. The van der Waals surface area contributed by atoms with Crippen LogP contribution in [0.1, 0.15) is 44.2 Å². The van der Waals surface area contributed by atoms with Crippen LogP contribution in [-0.2, 0) is 11.3 Å². The third kappa shape index (κ3) is 4.86. The fraction of sp³-hybridized carbons (Fsp3) is 0.333. The second kappa shape index (κ2) is 10.2. The number of likely N-dealkylation sites (tertiary alicyclic amines) is 1. The number of benzene rings is 3. The Morgan fingerprint density at radius 1 is 1.11 bits per heavy atom. The van der Waals surface area contributed by atoms with Gasteiger partial charge in [0.25, 0.3) is 0 Å². The Kier molecular flexibility index (Phi) is 6.79. The van der Waals surface area contributed by atoms with Gasteiger partial charge in [-0.3, -0.25) is 9.69 Å². The van der Waals surface area contributed by atoms with Gasteiger partial charge in [0.2, 0.25) is 5.89 Å². The Labute approximate surface area is 211 Å². The molecule has 0 saturated carbocycles. The lowest BCUT2D eigenvalue weighted by molar-refractivity contribution is -0.144. The second-order valence-corrected chi connectivity index (χ2v) is 9.78. The van der Waals surface area contributed by atoms with E-state index in [4.69, 9.17) is 14.1 Å². The zero-order valence-electron chi connectivity index (χ0n) is 21.0. The number of carboxylic acid groups (broad SMARTS) is 1. The zero-order valence-corrected chi connectivity index (χ0v) is 21.0. The zero-order chi connectivity index (χ0) is 25.2. The third-order valence-corrected chi connectivity index (χ3v) is 6.85. The number of ether oxygens (including phenoxy) is 1. The van der Waals surface area contributed by atoms with Crippen LogP contribution in [0, 0.1) is 6.92 Å². The Morgan fingerprint density at radius 2 is 1.89 bits per heavy atom. The molecule has 5 rings (SSSR count). The summed E-state index contributed by atoms with van der Waals surface area (Å²) in [5.74, 6) is 0.513. The quantitative estimate of drug-likeness (QED) is 0.315. The number of piperidine rings is 1. The van der Waals surface area contributed by atoms with Crippen LogP contribution >= 0.6 is 0 Å². The second-order valence-electron chi connectivity index (χ2n) is 9.78. The van der Waals surface area contributed by atoms with Crippen LogP contribution in [0.25, 0.3) is 33.7 Å². The largest absolute Gasteiger partial charge is 0.491 e. The van der Waals surface area contributed by atoms with Crippen LogP contribution < -0.4 is 4.74 Å². The maximum absolute atomic E-state index is 11.9. The molecular weight excluding hydrogens is 452 g/mol. The first-order valence-corrected chi connectivity index (χ1v) is 12.6. The minimum Gasteiger partial charge on any atom is -0.491 e. The summed E-state index contributed by atoms with van der Waals surface area (Å²) in [6, 6.07) is 19.9. The highest BCUT2D eigenvalue weighted by molar-refractivity contribution is 5.82. The molecule has 1 N–H and O–H groups in total. The molecular formula is C30H32N2O4. The van der Waals surface area contributed by atoms with Gasteiger partial charge in [0.05, 0.1) is 6.10 Å². The molecule has 186 valence electrons. The lowest BCUT2D eigenvalue weighted by atomic mass is 9.96. The summed E-state index contributed by atoms with van der Waals surface area (Å²) < 4.78 is 12.4. The molecule has 0 aliphatic carbocycles. The number of nitrogens with zero attached hydrogens (tertiary/aromatic N) is 2. The first-order valence-electron chi connectivity index (χ1n) is 12.6. The first-order chi connectivity index (χ1) is 17.4. The number of carbonyl (C=O) groups is 1. The van der Waals surface area contributed by atoms with Crippen LogP contribution in [0.5, 0.6) is 5.75 Å². The lowest BCUT2D eigenvalue weighted by Crippen LogP contribution is -2.44. The van der Waals surface area contributed by atoms with Gasteiger partial charge >= 0.3 is 5.97 Å². The van der Waals surface area contributed by atoms with Gasteiger partial charge in [0.15, 0.2) is 5.58 Å². The summed E-state index contributed by atoms with van der Waals surface area (Å²) in [6.45, 7) is 7.32. The maximum Gasteiger partial charge on any atom is 0.320 e. The number of oxazole rings is 1. The van der Waals surface area contributed by atoms with Crippen molar-refractivity contribution in [1.82, 2.24) is 9.88 Å². The number of aromatic nitrogens is 1. The van der Waals surface area contributed by atoms with E-state index in [0.717, 1.165) is 52.7 Å². The maximum atomic E-state index is 11.9. The van der Waals surface area contributed by atoms with E-state index in [1.54, 1.807) is 0 Å². The highest BCUT2D eigenvalue weighted by atomic mass is 16.5. The molecule has 0 radical (unpaired) electrons. The van der Waals surface area contributed by atoms with E-state index < -0.39 is 12.0 Å². The standard InChI is InChI=1S/C30H32N2O4/c1-19(2)35-27-17-28-25(16-22(27)18-32-15-8-7-14-26(32)30(33)34)31-29(36-28)24-13-9-12-23(20(24)3)21-10-5-4-6-11-21/h4-6,9-13,16-17,19,26H,7-8,14-15,18H2,1-3H3,(H,33,34). The normalized spacial score (nSPS) is 16.5. The molecule has 2 heterocycles. The van der Waals surface area contributed by atoms with Crippen LogP contribution in [0.2, 0.25) is 0 Å². The minimum absolute atomic E-state index is 0.0231. The molecule has 36 heavy (non-hydrogen) atoms. The van der Waals surface area contributed by atoms with E-state index in [1.165, 1.54) is 0 Å². The molecule has 1 aliphatic heterocycles. The van der Waals surface area contributed by atoms with Crippen molar-refractivity contribution in [2.24, 2.45) is 0 Å². The number of rotatable bonds is 7. The summed E-state index contributed by atoms with van der Waals surface area (Å²) in [4.78, 5) is 18.7. The minimum atomic E-state index is -0.764. The Balaban J connectivity index is 1.54. The van der Waals surface area contributed by atoms with Crippen LogP contribution in [0.3, 0.4) is 0 Å². The van der Waals surface area contributed by atoms with Crippen LogP contribution in [0.15, 0.2) is 65.1 Å². The van der Waals surface area contributed by atoms with Gasteiger partial charge in [0, 0.05) is 23.7 Å². The molecule has 0 bridgehead atoms. The highest BCUT2D eigenvalue weighted by Gasteiger charge is 2.29. The highest BCUT2D eigenvalue weighted by Crippen LogP contribution is 2.36. The van der Waals surface area contributed by atoms with Crippen molar-refractivity contribution < 1.29 is 19.1 Å². The molecule has 3 aromatic carbocycles. The summed E-state index contributed by atoms with van der Waals surface area (Å²) in [5, 5.41) is 9.73. The van der Waals surface area contributed by atoms with E-state index in [1.807, 2.05) is 61.2 Å². The molecule has 1 atom stereocenters. The SMILES string of the molecule is Cc1c(-c2ccccc2)cccc1-c1nc2cc(CN3CCCCC3C(=O)O)c(OC(C)C)cc2o1. The van der Waals surface area contributed by atoms with Crippen molar-refractivity contribution in [2.45, 2.75) is 58.7 Å². The molecule has 6 nitrogen and oxygen atoms in total. The molecule has 1 aromatic heterocycles. The van der Waals surface area contributed by atoms with Gasteiger partial charge in [-0.1, -0.05) is 48.9 Å². The molecule has 0 amide bonds. The van der Waals surface area contributed by atoms with E-state index in [0.29, 0.717) is 30.2 Å². The van der Waals surface area contributed by atoms with Gasteiger partial charge < -0.3 is 14.3 Å². The Hall–Kier alpha value is -3.64. The lowest BCUT2D eigenvalue weighted by Gasteiger charge is -2.33. The molecule has 1 saturated heterocycles. The number of hydrogen-bond acceptors (Lipinski definition) is 5. The Morgan fingerprint density at radius 3 is 2.64 bits per heavy atom. The van der Waals surface area contributed by atoms with Crippen LogP contribution in [-0.4, -0.2) is 39.7 Å². The van der Waals surface area contributed by atoms with Crippen molar-refractivity contribution >= 4 is 17.1 Å². The van der Waals surface area contributed by atoms with E-state index in [-0.39, 0.29) is 6.10 Å². The average Bonchev–Trinajstić information content (AvgIpc) is 3.27. The monoisotopic (exact) mass is 484 g/mol. The molecule has 1 unspecified atom stereocenters. The van der Waals surface area contributed by atoms with E-state index >= 15 is 0 Å². The summed E-state index contributed by atoms with van der Waals surface area (Å²) in [7, 11) is 0. The molecule has 6 heteroatoms. The fourth-order valence-corrected chi connectivity index (χ4v) is 5.08. The predicted octanol–water partition coefficient (Wildman–Crippen LogP) is 6.70. The number of fused-ring (bicyclic) bond motifs is 1. The van der Waals surface area contributed by atoms with E-state index in [2.05, 4.69) is 25.1 Å². The van der Waals surface area contributed by atoms with Gasteiger partial charge in [0.1, 0.15) is 17.3 Å². The summed E-state index contributed by atoms with van der Waals surface area (Å²) in [5.41, 5.74) is 6.67. The van der Waals surface area contributed by atoms with Gasteiger partial charge in [-0.15, -0.1) is 0 Å². The van der Waals surface area contributed by atoms with Crippen molar-refractivity contribution in [3.05, 3.63) is 71.8 Å². The van der Waals surface area contributed by atoms with Crippen molar-refractivity contribution in [3.63, 3.8) is 0 Å². The van der Waals surface area contributed by atoms with Crippen molar-refractivity contribution in [2.75, 3.05) is 6.54 Å². The van der Waals surface area contributed by atoms with Crippen molar-refractivity contribution in [3.8, 4) is 28.3 Å². The van der Waals surface area contributed by atoms with Crippen LogP contribution in [0.4, 0.5) is 0 Å². The topological polar surface area (TPSA) is 75.8 Å².